The zero-order valence-electron chi connectivity index (χ0n) is 10.9. The van der Waals surface area contributed by atoms with Gasteiger partial charge in [0.05, 0.1) is 18.3 Å². The summed E-state index contributed by atoms with van der Waals surface area (Å²) in [5.74, 6) is 0.832. The van der Waals surface area contributed by atoms with Gasteiger partial charge >= 0.3 is 0 Å². The van der Waals surface area contributed by atoms with Crippen LogP contribution in [0.3, 0.4) is 0 Å². The van der Waals surface area contributed by atoms with Crippen molar-refractivity contribution in [2.45, 2.75) is 6.92 Å². The molecule has 0 aliphatic rings. The first-order valence-corrected chi connectivity index (χ1v) is 6.07. The van der Waals surface area contributed by atoms with E-state index in [1.54, 1.807) is 19.5 Å². The Morgan fingerprint density at radius 1 is 1.21 bits per heavy atom. The van der Waals surface area contributed by atoms with Crippen molar-refractivity contribution in [3.63, 3.8) is 0 Å². The molecule has 0 unspecified atom stereocenters. The number of hydrogen-bond acceptors (Lipinski definition) is 3. The van der Waals surface area contributed by atoms with Crippen LogP contribution in [0.5, 0.6) is 5.75 Å². The normalized spacial score (nSPS) is 10.8. The van der Waals surface area contributed by atoms with Crippen molar-refractivity contribution in [3.8, 4) is 17.0 Å². The van der Waals surface area contributed by atoms with Crippen molar-refractivity contribution in [2.75, 3.05) is 12.8 Å². The molecule has 0 amide bonds. The van der Waals surface area contributed by atoms with Gasteiger partial charge in [-0.05, 0) is 36.8 Å². The molecule has 4 nitrogen and oxygen atoms in total. The third-order valence-electron chi connectivity index (χ3n) is 3.34. The molecule has 0 atom stereocenters. The zero-order chi connectivity index (χ0) is 13.4. The number of rotatable bonds is 2. The van der Waals surface area contributed by atoms with Crippen LogP contribution in [-0.4, -0.2) is 17.1 Å². The molecule has 3 rings (SSSR count). The van der Waals surface area contributed by atoms with E-state index >= 15 is 0 Å². The number of anilines is 1. The van der Waals surface area contributed by atoms with Crippen LogP contribution in [0.15, 0.2) is 36.7 Å². The Hall–Kier alpha value is -2.49. The van der Waals surface area contributed by atoms with E-state index in [2.05, 4.69) is 16.0 Å². The lowest BCUT2D eigenvalue weighted by Crippen LogP contribution is -1.93. The smallest absolute Gasteiger partial charge is 0.128 e. The average Bonchev–Trinajstić information content (AvgIpc) is 2.89. The third-order valence-corrected chi connectivity index (χ3v) is 3.34. The first-order valence-electron chi connectivity index (χ1n) is 6.07. The van der Waals surface area contributed by atoms with E-state index in [1.165, 1.54) is 0 Å². The van der Waals surface area contributed by atoms with Crippen molar-refractivity contribution in [1.82, 2.24) is 9.97 Å². The predicted molar refractivity (Wildman–Crippen MR) is 77.2 cm³/mol. The molecule has 0 radical (unpaired) electrons. The average molecular weight is 253 g/mol. The van der Waals surface area contributed by atoms with E-state index < -0.39 is 0 Å². The first-order chi connectivity index (χ1) is 9.20. The Bertz CT molecular complexity index is 732. The Kier molecular flexibility index (Phi) is 2.63. The van der Waals surface area contributed by atoms with Crippen LogP contribution in [0.4, 0.5) is 5.69 Å². The maximum atomic E-state index is 6.13. The monoisotopic (exact) mass is 253 g/mol. The number of nitrogen functional groups attached to an aromatic ring is 1. The van der Waals surface area contributed by atoms with Gasteiger partial charge in [-0.3, -0.25) is 4.98 Å². The van der Waals surface area contributed by atoms with Gasteiger partial charge in [0.25, 0.3) is 0 Å². The number of aryl methyl sites for hydroxylation is 1. The number of benzene rings is 1. The minimum Gasteiger partial charge on any atom is -0.496 e. The van der Waals surface area contributed by atoms with Gasteiger partial charge in [0.15, 0.2) is 0 Å². The van der Waals surface area contributed by atoms with Crippen LogP contribution in [0, 0.1) is 6.92 Å². The largest absolute Gasteiger partial charge is 0.496 e. The molecule has 19 heavy (non-hydrogen) atoms. The summed E-state index contributed by atoms with van der Waals surface area (Å²) in [6.07, 6.45) is 3.54. The molecule has 0 bridgehead atoms. The number of pyridine rings is 1. The van der Waals surface area contributed by atoms with Crippen molar-refractivity contribution >= 4 is 16.6 Å². The van der Waals surface area contributed by atoms with Crippen molar-refractivity contribution in [2.24, 2.45) is 0 Å². The van der Waals surface area contributed by atoms with Crippen molar-refractivity contribution < 1.29 is 4.74 Å². The summed E-state index contributed by atoms with van der Waals surface area (Å²) in [5, 5.41) is 0.998. The highest BCUT2D eigenvalue weighted by molar-refractivity contribution is 5.99. The number of methoxy groups -OCH3 is 1. The van der Waals surface area contributed by atoms with Crippen LogP contribution < -0.4 is 10.5 Å². The number of nitrogens with one attached hydrogen (secondary N) is 1. The lowest BCUT2D eigenvalue weighted by Gasteiger charge is -2.06. The van der Waals surface area contributed by atoms with Gasteiger partial charge < -0.3 is 15.5 Å². The van der Waals surface area contributed by atoms with Gasteiger partial charge in [-0.25, -0.2) is 0 Å². The van der Waals surface area contributed by atoms with Gasteiger partial charge in [0.2, 0.25) is 0 Å². The second kappa shape index (κ2) is 4.31. The lowest BCUT2D eigenvalue weighted by atomic mass is 10.1. The van der Waals surface area contributed by atoms with Crippen LogP contribution in [0.25, 0.3) is 22.2 Å². The molecule has 96 valence electrons. The number of ether oxygens (including phenoxy) is 1. The first kappa shape index (κ1) is 11.6. The highest BCUT2D eigenvalue weighted by Crippen LogP contribution is 2.35. The van der Waals surface area contributed by atoms with Crippen LogP contribution in [0.1, 0.15) is 5.56 Å². The highest BCUT2D eigenvalue weighted by atomic mass is 16.5. The molecule has 0 spiro atoms. The minimum absolute atomic E-state index is 0.760. The Balaban J connectivity index is 2.29. The predicted octanol–water partition coefficient (Wildman–Crippen LogP) is 3.13. The third kappa shape index (κ3) is 1.81. The molecule has 2 heterocycles. The van der Waals surface area contributed by atoms with Gasteiger partial charge in [-0.1, -0.05) is 0 Å². The highest BCUT2D eigenvalue weighted by Gasteiger charge is 2.12. The fourth-order valence-corrected chi connectivity index (χ4v) is 2.27. The second-order valence-electron chi connectivity index (χ2n) is 4.52. The van der Waals surface area contributed by atoms with Gasteiger partial charge in [-0.2, -0.15) is 0 Å². The summed E-state index contributed by atoms with van der Waals surface area (Å²) in [4.78, 5) is 7.39. The molecular weight excluding hydrogens is 238 g/mol. The van der Waals surface area contributed by atoms with Crippen LogP contribution >= 0.6 is 0 Å². The number of fused-ring (bicyclic) bond motifs is 1. The van der Waals surface area contributed by atoms with E-state index in [0.29, 0.717) is 0 Å². The molecule has 0 fully saturated rings. The summed E-state index contributed by atoms with van der Waals surface area (Å²) in [6, 6.07) is 7.93. The van der Waals surface area contributed by atoms with Crippen molar-refractivity contribution in [3.05, 3.63) is 42.2 Å². The number of nitrogens with zero attached hydrogens (tertiary/aromatic N) is 1. The van der Waals surface area contributed by atoms with Gasteiger partial charge in [0.1, 0.15) is 5.75 Å². The molecule has 3 N–H and O–H groups in total. The number of H-pyrrole nitrogens is 1. The van der Waals surface area contributed by atoms with Crippen molar-refractivity contribution in [1.29, 1.82) is 0 Å². The van der Waals surface area contributed by atoms with E-state index in [-0.39, 0.29) is 0 Å². The number of aromatic amines is 1. The molecule has 0 aliphatic heterocycles. The standard InChI is InChI=1S/C15H15N3O/c1-9-7-13(19-2)11-8-12(18-15(11)14(9)16)10-3-5-17-6-4-10/h3-8,18H,16H2,1-2H3. The topological polar surface area (TPSA) is 63.9 Å². The van der Waals surface area contributed by atoms with E-state index in [0.717, 1.165) is 39.2 Å². The second-order valence-corrected chi connectivity index (χ2v) is 4.52. The molecule has 3 aromatic rings. The SMILES string of the molecule is COc1cc(C)c(N)c2[nH]c(-c3ccncc3)cc12. The Morgan fingerprint density at radius 2 is 1.95 bits per heavy atom. The molecule has 4 heteroatoms. The maximum absolute atomic E-state index is 6.13. The van der Waals surface area contributed by atoms with Gasteiger partial charge in [0, 0.05) is 29.0 Å². The molecule has 0 aliphatic carbocycles. The minimum atomic E-state index is 0.760. The molecular formula is C15H15N3O. The van der Waals surface area contributed by atoms with Crippen LogP contribution in [-0.2, 0) is 0 Å². The fraction of sp³-hybridized carbons (Fsp3) is 0.133. The number of nitrogens with two attached hydrogens (primary N) is 1. The van der Waals surface area contributed by atoms with E-state index in [9.17, 15) is 0 Å². The Labute approximate surface area is 111 Å². The summed E-state index contributed by atoms with van der Waals surface area (Å²) in [7, 11) is 1.67. The van der Waals surface area contributed by atoms with E-state index in [1.807, 2.05) is 25.1 Å². The quantitative estimate of drug-likeness (QED) is 0.690. The number of hydrogen-bond donors (Lipinski definition) is 2. The molecule has 0 saturated heterocycles. The summed E-state index contributed by atoms with van der Waals surface area (Å²) in [5.41, 5.74) is 10.9. The zero-order valence-corrected chi connectivity index (χ0v) is 10.9. The maximum Gasteiger partial charge on any atom is 0.128 e. The summed E-state index contributed by atoms with van der Waals surface area (Å²) >= 11 is 0. The number of aromatic nitrogens is 2. The van der Waals surface area contributed by atoms with Gasteiger partial charge in [-0.15, -0.1) is 0 Å². The molecule has 0 saturated carbocycles. The van der Waals surface area contributed by atoms with E-state index in [4.69, 9.17) is 10.5 Å². The Morgan fingerprint density at radius 3 is 2.63 bits per heavy atom. The van der Waals surface area contributed by atoms with Crippen LogP contribution in [0.2, 0.25) is 0 Å². The molecule has 2 aromatic heterocycles. The fourth-order valence-electron chi connectivity index (χ4n) is 2.27. The summed E-state index contributed by atoms with van der Waals surface area (Å²) < 4.78 is 5.42. The summed E-state index contributed by atoms with van der Waals surface area (Å²) in [6.45, 7) is 1.98. The lowest BCUT2D eigenvalue weighted by molar-refractivity contribution is 0.419. The molecule has 1 aromatic carbocycles.